The zero-order valence-corrected chi connectivity index (χ0v) is 9.87. The lowest BCUT2D eigenvalue weighted by atomic mass is 9.89. The zero-order valence-electron chi connectivity index (χ0n) is 9.87. The smallest absolute Gasteiger partial charge is 0.378 e. The number of anilines is 1. The maximum Gasteiger partial charge on any atom is 0.435 e. The van der Waals surface area contributed by atoms with Crippen molar-refractivity contribution in [1.29, 1.82) is 0 Å². The fourth-order valence-electron chi connectivity index (χ4n) is 1.82. The minimum atomic E-state index is -4.44. The summed E-state index contributed by atoms with van der Waals surface area (Å²) in [6, 6.07) is 2.42. The van der Waals surface area contributed by atoms with E-state index in [4.69, 9.17) is 4.74 Å². The van der Waals surface area contributed by atoms with Crippen molar-refractivity contribution in [2.45, 2.75) is 38.1 Å². The van der Waals surface area contributed by atoms with Crippen LogP contribution in [0.25, 0.3) is 0 Å². The summed E-state index contributed by atoms with van der Waals surface area (Å²) in [7, 11) is 0. The van der Waals surface area contributed by atoms with Crippen LogP contribution in [0.5, 0.6) is 0 Å². The molecule has 0 atom stereocenters. The highest BCUT2D eigenvalue weighted by Crippen LogP contribution is 2.28. The van der Waals surface area contributed by atoms with E-state index in [0.29, 0.717) is 12.4 Å². The molecule has 0 aromatic carbocycles. The van der Waals surface area contributed by atoms with Crippen LogP contribution in [0, 0.1) is 0 Å². The highest BCUT2D eigenvalue weighted by Gasteiger charge is 2.33. The van der Waals surface area contributed by atoms with Gasteiger partial charge in [0.1, 0.15) is 5.82 Å². The molecule has 1 aromatic rings. The molecule has 100 valence electrons. The standard InChI is InChI=1S/C11H14F3N3O/c1-2-18-8-5-7(6-8)15-10-4-3-9(16-17-10)11(12,13)14/h3-4,7-8H,2,5-6H2,1H3,(H,15,17). The first-order valence-corrected chi connectivity index (χ1v) is 5.78. The van der Waals surface area contributed by atoms with Gasteiger partial charge in [-0.05, 0) is 31.9 Å². The Kier molecular flexibility index (Phi) is 3.70. The Morgan fingerprint density at radius 1 is 1.33 bits per heavy atom. The molecule has 1 heterocycles. The predicted molar refractivity (Wildman–Crippen MR) is 59.1 cm³/mol. The Bertz CT molecular complexity index is 388. The van der Waals surface area contributed by atoms with E-state index in [0.717, 1.165) is 18.9 Å². The van der Waals surface area contributed by atoms with Gasteiger partial charge in [-0.25, -0.2) is 0 Å². The molecular weight excluding hydrogens is 247 g/mol. The zero-order chi connectivity index (χ0) is 13.2. The molecule has 0 saturated heterocycles. The lowest BCUT2D eigenvalue weighted by Gasteiger charge is -2.35. The Morgan fingerprint density at radius 3 is 2.56 bits per heavy atom. The number of rotatable bonds is 4. The number of aromatic nitrogens is 2. The van der Waals surface area contributed by atoms with Crippen LogP contribution < -0.4 is 5.32 Å². The van der Waals surface area contributed by atoms with Crippen molar-refractivity contribution in [2.24, 2.45) is 0 Å². The van der Waals surface area contributed by atoms with E-state index in [9.17, 15) is 13.2 Å². The molecule has 0 amide bonds. The molecule has 7 heteroatoms. The summed E-state index contributed by atoms with van der Waals surface area (Å²) in [6.45, 7) is 2.61. The van der Waals surface area contributed by atoms with Crippen LogP contribution in [0.4, 0.5) is 19.0 Å². The maximum absolute atomic E-state index is 12.3. The van der Waals surface area contributed by atoms with E-state index < -0.39 is 11.9 Å². The second kappa shape index (κ2) is 5.09. The van der Waals surface area contributed by atoms with Crippen LogP contribution in [-0.4, -0.2) is 29.0 Å². The van der Waals surface area contributed by atoms with Crippen molar-refractivity contribution in [1.82, 2.24) is 10.2 Å². The van der Waals surface area contributed by atoms with Crippen molar-refractivity contribution in [2.75, 3.05) is 11.9 Å². The van der Waals surface area contributed by atoms with E-state index in [1.165, 1.54) is 6.07 Å². The molecule has 1 N–H and O–H groups in total. The van der Waals surface area contributed by atoms with Crippen molar-refractivity contribution in [3.05, 3.63) is 17.8 Å². The summed E-state index contributed by atoms with van der Waals surface area (Å²) < 4.78 is 42.2. The largest absolute Gasteiger partial charge is 0.435 e. The number of hydrogen-bond acceptors (Lipinski definition) is 4. The fraction of sp³-hybridized carbons (Fsp3) is 0.636. The molecule has 2 rings (SSSR count). The summed E-state index contributed by atoms with van der Waals surface area (Å²) in [5.41, 5.74) is -0.978. The van der Waals surface area contributed by atoms with Crippen LogP contribution in [0.15, 0.2) is 12.1 Å². The van der Waals surface area contributed by atoms with Gasteiger partial charge in [-0.15, -0.1) is 10.2 Å². The Hall–Kier alpha value is -1.37. The lowest BCUT2D eigenvalue weighted by Crippen LogP contribution is -2.41. The van der Waals surface area contributed by atoms with Crippen LogP contribution >= 0.6 is 0 Å². The summed E-state index contributed by atoms with van der Waals surface area (Å²) in [6.07, 6.45) is -2.51. The second-order valence-electron chi connectivity index (χ2n) is 4.19. The highest BCUT2D eigenvalue weighted by atomic mass is 19.4. The maximum atomic E-state index is 12.3. The molecule has 18 heavy (non-hydrogen) atoms. The van der Waals surface area contributed by atoms with E-state index in [-0.39, 0.29) is 12.1 Å². The molecule has 0 bridgehead atoms. The third-order valence-corrected chi connectivity index (χ3v) is 2.80. The molecule has 1 saturated carbocycles. The molecule has 0 aliphatic heterocycles. The van der Waals surface area contributed by atoms with Gasteiger partial charge in [-0.1, -0.05) is 0 Å². The van der Waals surface area contributed by atoms with Crippen molar-refractivity contribution in [3.8, 4) is 0 Å². The van der Waals surface area contributed by atoms with Gasteiger partial charge < -0.3 is 10.1 Å². The number of nitrogens with one attached hydrogen (secondary N) is 1. The number of alkyl halides is 3. The average Bonchev–Trinajstić information content (AvgIpc) is 2.26. The van der Waals surface area contributed by atoms with Crippen molar-refractivity contribution in [3.63, 3.8) is 0 Å². The van der Waals surface area contributed by atoms with Gasteiger partial charge in [0.05, 0.1) is 6.10 Å². The van der Waals surface area contributed by atoms with Gasteiger partial charge in [0.2, 0.25) is 0 Å². The quantitative estimate of drug-likeness (QED) is 0.904. The molecule has 1 aliphatic rings. The Labute approximate surface area is 103 Å². The molecule has 1 aromatic heterocycles. The van der Waals surface area contributed by atoms with Gasteiger partial charge in [0, 0.05) is 12.6 Å². The normalized spacial score (nSPS) is 23.6. The summed E-state index contributed by atoms with van der Waals surface area (Å²) in [5, 5.41) is 9.69. The van der Waals surface area contributed by atoms with Crippen LogP contribution in [-0.2, 0) is 10.9 Å². The van der Waals surface area contributed by atoms with Crippen LogP contribution in [0.2, 0.25) is 0 Å². The number of ether oxygens (including phenoxy) is 1. The van der Waals surface area contributed by atoms with E-state index in [1.54, 1.807) is 0 Å². The van der Waals surface area contributed by atoms with E-state index in [1.807, 2.05) is 6.92 Å². The topological polar surface area (TPSA) is 47.0 Å². The third kappa shape index (κ3) is 3.10. The first kappa shape index (κ1) is 13.1. The van der Waals surface area contributed by atoms with Crippen molar-refractivity contribution < 1.29 is 17.9 Å². The summed E-state index contributed by atoms with van der Waals surface area (Å²) in [4.78, 5) is 0. The van der Waals surface area contributed by atoms with Gasteiger partial charge in [0.15, 0.2) is 5.69 Å². The minimum Gasteiger partial charge on any atom is -0.378 e. The van der Waals surface area contributed by atoms with Gasteiger partial charge in [0.25, 0.3) is 0 Å². The second-order valence-corrected chi connectivity index (χ2v) is 4.19. The lowest BCUT2D eigenvalue weighted by molar-refractivity contribution is -0.141. The van der Waals surface area contributed by atoms with Gasteiger partial charge >= 0.3 is 6.18 Å². The molecule has 1 fully saturated rings. The average molecular weight is 261 g/mol. The molecule has 4 nitrogen and oxygen atoms in total. The summed E-state index contributed by atoms with van der Waals surface area (Å²) >= 11 is 0. The molecule has 0 spiro atoms. The number of halogens is 3. The Morgan fingerprint density at radius 2 is 2.06 bits per heavy atom. The highest BCUT2D eigenvalue weighted by molar-refractivity contribution is 5.35. The van der Waals surface area contributed by atoms with E-state index in [2.05, 4.69) is 15.5 Å². The molecular formula is C11H14F3N3O. The van der Waals surface area contributed by atoms with Crippen LogP contribution in [0.1, 0.15) is 25.5 Å². The van der Waals surface area contributed by atoms with E-state index >= 15 is 0 Å². The number of nitrogens with zero attached hydrogens (tertiary/aromatic N) is 2. The fourth-order valence-corrected chi connectivity index (χ4v) is 1.82. The molecule has 1 aliphatic carbocycles. The summed E-state index contributed by atoms with van der Waals surface area (Å²) in [5.74, 6) is 0.364. The first-order valence-electron chi connectivity index (χ1n) is 5.78. The van der Waals surface area contributed by atoms with Gasteiger partial charge in [-0.2, -0.15) is 13.2 Å². The molecule has 0 radical (unpaired) electrons. The first-order chi connectivity index (χ1) is 8.49. The SMILES string of the molecule is CCOC1CC(Nc2ccc(C(F)(F)F)nn2)C1. The Balaban J connectivity index is 1.85. The third-order valence-electron chi connectivity index (χ3n) is 2.80. The minimum absolute atomic E-state index is 0.201. The molecule has 0 unspecified atom stereocenters. The van der Waals surface area contributed by atoms with Crippen molar-refractivity contribution >= 4 is 5.82 Å². The number of hydrogen-bond donors (Lipinski definition) is 1. The monoisotopic (exact) mass is 261 g/mol. The van der Waals surface area contributed by atoms with Gasteiger partial charge in [-0.3, -0.25) is 0 Å². The van der Waals surface area contributed by atoms with Crippen LogP contribution in [0.3, 0.4) is 0 Å². The predicted octanol–water partition coefficient (Wildman–Crippen LogP) is 2.47.